The van der Waals surface area contributed by atoms with Crippen LogP contribution in [0, 0.1) is 19.8 Å². The Morgan fingerprint density at radius 3 is 2.24 bits per heavy atom. The molecule has 0 atom stereocenters. The topological polar surface area (TPSA) is 58.6 Å². The van der Waals surface area contributed by atoms with Gasteiger partial charge in [0.25, 0.3) is 0 Å². The molecule has 1 aliphatic heterocycles. The number of carbonyl (C=O) groups is 2. The second kappa shape index (κ2) is 6.61. The predicted molar refractivity (Wildman–Crippen MR) is 81.2 cm³/mol. The first-order valence-corrected chi connectivity index (χ1v) is 7.21. The quantitative estimate of drug-likeness (QED) is 0.911. The van der Waals surface area contributed by atoms with Crippen LogP contribution < -0.4 is 5.32 Å². The fourth-order valence-electron chi connectivity index (χ4n) is 2.74. The van der Waals surface area contributed by atoms with Gasteiger partial charge in [0.2, 0.25) is 5.91 Å². The van der Waals surface area contributed by atoms with Crippen LogP contribution >= 0.6 is 0 Å². The van der Waals surface area contributed by atoms with E-state index in [-0.39, 0.29) is 17.9 Å². The SMILES string of the molecule is COC(=O)N1CCC(C(=O)Nc2cc(C)cc(C)c2)CC1. The van der Waals surface area contributed by atoms with Gasteiger partial charge in [-0.2, -0.15) is 0 Å². The third kappa shape index (κ3) is 3.97. The first kappa shape index (κ1) is 15.4. The lowest BCUT2D eigenvalue weighted by Crippen LogP contribution is -2.41. The molecule has 1 aliphatic rings. The number of amides is 2. The van der Waals surface area contributed by atoms with Crippen LogP contribution in [0.5, 0.6) is 0 Å². The first-order valence-electron chi connectivity index (χ1n) is 7.21. The molecule has 0 bridgehead atoms. The molecule has 1 aromatic rings. The summed E-state index contributed by atoms with van der Waals surface area (Å²) in [7, 11) is 1.38. The van der Waals surface area contributed by atoms with Crippen molar-refractivity contribution in [2.45, 2.75) is 26.7 Å². The number of rotatable bonds is 2. The van der Waals surface area contributed by atoms with Crippen LogP contribution in [0.4, 0.5) is 10.5 Å². The molecule has 0 aliphatic carbocycles. The molecule has 5 heteroatoms. The van der Waals surface area contributed by atoms with E-state index >= 15 is 0 Å². The summed E-state index contributed by atoms with van der Waals surface area (Å²) in [5.74, 6) is -0.0174. The Labute approximate surface area is 125 Å². The summed E-state index contributed by atoms with van der Waals surface area (Å²) in [6.07, 6.45) is 1.03. The van der Waals surface area contributed by atoms with E-state index in [2.05, 4.69) is 11.4 Å². The molecule has 5 nitrogen and oxygen atoms in total. The number of carbonyl (C=O) groups excluding carboxylic acids is 2. The van der Waals surface area contributed by atoms with Crippen LogP contribution in [-0.4, -0.2) is 37.1 Å². The van der Waals surface area contributed by atoms with Crippen molar-refractivity contribution in [3.05, 3.63) is 29.3 Å². The van der Waals surface area contributed by atoms with Crippen molar-refractivity contribution in [1.29, 1.82) is 0 Å². The zero-order valence-corrected chi connectivity index (χ0v) is 12.8. The van der Waals surface area contributed by atoms with Crippen LogP contribution in [0.1, 0.15) is 24.0 Å². The molecule has 21 heavy (non-hydrogen) atoms. The summed E-state index contributed by atoms with van der Waals surface area (Å²) < 4.78 is 4.69. The van der Waals surface area contributed by atoms with E-state index in [9.17, 15) is 9.59 Å². The zero-order chi connectivity index (χ0) is 15.4. The molecular weight excluding hydrogens is 268 g/mol. The third-order valence-corrected chi connectivity index (χ3v) is 3.79. The molecule has 1 fully saturated rings. The highest BCUT2D eigenvalue weighted by Crippen LogP contribution is 2.21. The second-order valence-electron chi connectivity index (χ2n) is 5.60. The number of nitrogens with zero attached hydrogens (tertiary/aromatic N) is 1. The summed E-state index contributed by atoms with van der Waals surface area (Å²) in [6.45, 7) is 5.16. The summed E-state index contributed by atoms with van der Waals surface area (Å²) in [5, 5.41) is 2.98. The zero-order valence-electron chi connectivity index (χ0n) is 12.8. The predicted octanol–water partition coefficient (Wildman–Crippen LogP) is 2.72. The van der Waals surface area contributed by atoms with Gasteiger partial charge in [-0.1, -0.05) is 6.07 Å². The van der Waals surface area contributed by atoms with Crippen molar-refractivity contribution in [3.63, 3.8) is 0 Å². The fourth-order valence-corrected chi connectivity index (χ4v) is 2.74. The molecule has 1 N–H and O–H groups in total. The van der Waals surface area contributed by atoms with Gasteiger partial charge in [-0.05, 0) is 49.9 Å². The van der Waals surface area contributed by atoms with Crippen LogP contribution in [0.2, 0.25) is 0 Å². The molecular formula is C16H22N2O3. The van der Waals surface area contributed by atoms with Crippen molar-refractivity contribution in [1.82, 2.24) is 4.90 Å². The maximum Gasteiger partial charge on any atom is 0.409 e. The Kier molecular flexibility index (Phi) is 4.83. The molecule has 1 aromatic carbocycles. The molecule has 2 amide bonds. The number of hydrogen-bond donors (Lipinski definition) is 1. The van der Waals surface area contributed by atoms with E-state index in [4.69, 9.17) is 4.74 Å². The lowest BCUT2D eigenvalue weighted by Gasteiger charge is -2.30. The standard InChI is InChI=1S/C16H22N2O3/c1-11-8-12(2)10-14(9-11)17-15(19)13-4-6-18(7-5-13)16(20)21-3/h8-10,13H,4-7H2,1-3H3,(H,17,19). The van der Waals surface area contributed by atoms with Crippen LogP contribution in [-0.2, 0) is 9.53 Å². The van der Waals surface area contributed by atoms with Gasteiger partial charge in [-0.25, -0.2) is 4.79 Å². The second-order valence-corrected chi connectivity index (χ2v) is 5.60. The Balaban J connectivity index is 1.91. The van der Waals surface area contributed by atoms with Gasteiger partial charge < -0.3 is 15.0 Å². The Hall–Kier alpha value is -2.04. The highest BCUT2D eigenvalue weighted by atomic mass is 16.5. The Morgan fingerprint density at radius 1 is 1.14 bits per heavy atom. The highest BCUT2D eigenvalue weighted by Gasteiger charge is 2.27. The van der Waals surface area contributed by atoms with E-state index in [1.165, 1.54) is 7.11 Å². The van der Waals surface area contributed by atoms with Gasteiger partial charge in [-0.15, -0.1) is 0 Å². The van der Waals surface area contributed by atoms with Crippen LogP contribution in [0.3, 0.4) is 0 Å². The summed E-state index contributed by atoms with van der Waals surface area (Å²) in [5.41, 5.74) is 3.10. The lowest BCUT2D eigenvalue weighted by molar-refractivity contribution is -0.121. The van der Waals surface area contributed by atoms with Gasteiger partial charge >= 0.3 is 6.09 Å². The van der Waals surface area contributed by atoms with Crippen molar-refractivity contribution < 1.29 is 14.3 Å². The number of methoxy groups -OCH3 is 1. The molecule has 1 heterocycles. The molecule has 2 rings (SSSR count). The summed E-state index contributed by atoms with van der Waals surface area (Å²) in [4.78, 5) is 25.3. The van der Waals surface area contributed by atoms with E-state index in [0.717, 1.165) is 16.8 Å². The number of likely N-dealkylation sites (tertiary alicyclic amines) is 1. The molecule has 0 saturated carbocycles. The monoisotopic (exact) mass is 290 g/mol. The Bertz CT molecular complexity index is 514. The molecule has 0 aromatic heterocycles. The number of nitrogens with one attached hydrogen (secondary N) is 1. The average molecular weight is 290 g/mol. The van der Waals surface area contributed by atoms with Crippen LogP contribution in [0.25, 0.3) is 0 Å². The molecule has 0 spiro atoms. The average Bonchev–Trinajstić information content (AvgIpc) is 2.45. The minimum Gasteiger partial charge on any atom is -0.453 e. The molecule has 1 saturated heterocycles. The smallest absolute Gasteiger partial charge is 0.409 e. The minimum absolute atomic E-state index is 0.0320. The number of aryl methyl sites for hydroxylation is 2. The number of anilines is 1. The molecule has 0 radical (unpaired) electrons. The maximum absolute atomic E-state index is 12.3. The van der Waals surface area contributed by atoms with Gasteiger partial charge in [0, 0.05) is 24.7 Å². The van der Waals surface area contributed by atoms with E-state index in [1.807, 2.05) is 26.0 Å². The van der Waals surface area contributed by atoms with E-state index in [1.54, 1.807) is 4.90 Å². The van der Waals surface area contributed by atoms with Gasteiger partial charge in [0.1, 0.15) is 0 Å². The maximum atomic E-state index is 12.3. The van der Waals surface area contributed by atoms with E-state index < -0.39 is 0 Å². The first-order chi connectivity index (χ1) is 9.99. The van der Waals surface area contributed by atoms with Crippen molar-refractivity contribution in [2.75, 3.05) is 25.5 Å². The van der Waals surface area contributed by atoms with Gasteiger partial charge in [0.05, 0.1) is 7.11 Å². The third-order valence-electron chi connectivity index (χ3n) is 3.79. The number of ether oxygens (including phenoxy) is 1. The van der Waals surface area contributed by atoms with Crippen molar-refractivity contribution in [2.24, 2.45) is 5.92 Å². The minimum atomic E-state index is -0.317. The summed E-state index contributed by atoms with van der Waals surface area (Å²) >= 11 is 0. The number of piperidine rings is 1. The highest BCUT2D eigenvalue weighted by molar-refractivity contribution is 5.92. The molecule has 114 valence electrons. The van der Waals surface area contributed by atoms with Gasteiger partial charge in [0.15, 0.2) is 0 Å². The van der Waals surface area contributed by atoms with Gasteiger partial charge in [-0.3, -0.25) is 4.79 Å². The van der Waals surface area contributed by atoms with E-state index in [0.29, 0.717) is 25.9 Å². The number of hydrogen-bond acceptors (Lipinski definition) is 3. The lowest BCUT2D eigenvalue weighted by atomic mass is 9.96. The fraction of sp³-hybridized carbons (Fsp3) is 0.500. The largest absolute Gasteiger partial charge is 0.453 e. The summed E-state index contributed by atoms with van der Waals surface area (Å²) in [6, 6.07) is 6.01. The number of benzene rings is 1. The van der Waals surface area contributed by atoms with Crippen molar-refractivity contribution >= 4 is 17.7 Å². The normalized spacial score (nSPS) is 15.7. The Morgan fingerprint density at radius 2 is 1.71 bits per heavy atom. The van der Waals surface area contributed by atoms with Crippen molar-refractivity contribution in [3.8, 4) is 0 Å². The van der Waals surface area contributed by atoms with Crippen LogP contribution in [0.15, 0.2) is 18.2 Å². The molecule has 0 unspecified atom stereocenters.